The van der Waals surface area contributed by atoms with E-state index in [0.717, 1.165) is 24.1 Å². The molecule has 26 heavy (non-hydrogen) atoms. The Kier molecular flexibility index (Phi) is 3.68. The lowest BCUT2D eigenvalue weighted by Crippen LogP contribution is -2.36. The van der Waals surface area contributed by atoms with Gasteiger partial charge in [-0.2, -0.15) is 0 Å². The Morgan fingerprint density at radius 3 is 2.54 bits per heavy atom. The summed E-state index contributed by atoms with van der Waals surface area (Å²) in [4.78, 5) is 2.42. The number of nitrogens with one attached hydrogen (secondary N) is 1. The van der Waals surface area contributed by atoms with Gasteiger partial charge in [0, 0.05) is 29.5 Å². The minimum Gasteiger partial charge on any atom is -0.456 e. The lowest BCUT2D eigenvalue weighted by molar-refractivity contribution is 0.547. The number of likely N-dealkylation sites (N-methyl/N-ethyl adjacent to an activating group) is 1. The van der Waals surface area contributed by atoms with Gasteiger partial charge in [0.2, 0.25) is 0 Å². The molecule has 0 saturated carbocycles. The Balaban J connectivity index is 1.53. The number of furan rings is 1. The monoisotopic (exact) mass is 342 g/mol. The molecular weight excluding hydrogens is 320 g/mol. The van der Waals surface area contributed by atoms with E-state index in [2.05, 4.69) is 77.9 Å². The second-order valence-corrected chi connectivity index (χ2v) is 7.09. The van der Waals surface area contributed by atoms with Crippen LogP contribution in [0, 0.1) is 0 Å². The molecule has 2 heterocycles. The fourth-order valence-electron chi connectivity index (χ4n) is 4.23. The third-order valence-corrected chi connectivity index (χ3v) is 5.61. The largest absolute Gasteiger partial charge is 0.456 e. The van der Waals surface area contributed by atoms with Crippen LogP contribution in [-0.2, 0) is 0 Å². The number of rotatable bonds is 3. The fraction of sp³-hybridized carbons (Fsp3) is 0.217. The Hall–Kier alpha value is -2.78. The van der Waals surface area contributed by atoms with Crippen molar-refractivity contribution in [2.24, 2.45) is 0 Å². The number of fused-ring (bicyclic) bond motifs is 3. The van der Waals surface area contributed by atoms with Gasteiger partial charge in [0.1, 0.15) is 11.2 Å². The average molecular weight is 342 g/mol. The number of anilines is 1. The molecule has 3 heteroatoms. The van der Waals surface area contributed by atoms with Gasteiger partial charge in [0.25, 0.3) is 0 Å². The van der Waals surface area contributed by atoms with E-state index < -0.39 is 0 Å². The zero-order chi connectivity index (χ0) is 17.5. The van der Waals surface area contributed by atoms with Crippen LogP contribution in [0.1, 0.15) is 18.0 Å². The molecule has 0 aliphatic carbocycles. The summed E-state index contributed by atoms with van der Waals surface area (Å²) in [6.45, 7) is 1.05. The van der Waals surface area contributed by atoms with Crippen LogP contribution in [0.2, 0.25) is 0 Å². The number of nitrogens with zero attached hydrogens (tertiary/aromatic N) is 1. The van der Waals surface area contributed by atoms with Crippen molar-refractivity contribution in [3.8, 4) is 0 Å². The molecule has 2 unspecified atom stereocenters. The second-order valence-electron chi connectivity index (χ2n) is 7.09. The Morgan fingerprint density at radius 2 is 1.65 bits per heavy atom. The molecule has 1 aromatic heterocycles. The molecule has 0 amide bonds. The van der Waals surface area contributed by atoms with Crippen LogP contribution in [0.15, 0.2) is 77.2 Å². The highest BCUT2D eigenvalue weighted by Crippen LogP contribution is 2.35. The molecule has 1 aliphatic rings. The van der Waals surface area contributed by atoms with Crippen LogP contribution in [0.3, 0.4) is 0 Å². The van der Waals surface area contributed by atoms with Crippen LogP contribution in [0.4, 0.5) is 5.69 Å². The molecule has 3 nitrogen and oxygen atoms in total. The maximum absolute atomic E-state index is 5.97. The molecule has 2 atom stereocenters. The molecule has 4 aromatic rings. The Bertz CT molecular complexity index is 1050. The summed E-state index contributed by atoms with van der Waals surface area (Å²) >= 11 is 0. The normalized spacial score (nSPS) is 20.0. The van der Waals surface area contributed by atoms with E-state index >= 15 is 0 Å². The average Bonchev–Trinajstić information content (AvgIpc) is 3.32. The Morgan fingerprint density at radius 1 is 0.885 bits per heavy atom. The van der Waals surface area contributed by atoms with Crippen molar-refractivity contribution in [1.29, 1.82) is 0 Å². The summed E-state index contributed by atoms with van der Waals surface area (Å²) in [7, 11) is 2.21. The lowest BCUT2D eigenvalue weighted by atomic mass is 9.99. The van der Waals surface area contributed by atoms with Gasteiger partial charge >= 0.3 is 0 Å². The van der Waals surface area contributed by atoms with Crippen molar-refractivity contribution >= 4 is 27.6 Å². The minimum atomic E-state index is 0.359. The van der Waals surface area contributed by atoms with E-state index in [-0.39, 0.29) is 0 Å². The van der Waals surface area contributed by atoms with Gasteiger partial charge in [-0.25, -0.2) is 0 Å². The van der Waals surface area contributed by atoms with Gasteiger partial charge in [0.15, 0.2) is 0 Å². The topological polar surface area (TPSA) is 28.4 Å². The van der Waals surface area contributed by atoms with Gasteiger partial charge in [0.05, 0.1) is 6.04 Å². The highest BCUT2D eigenvalue weighted by atomic mass is 16.3. The molecule has 0 radical (unpaired) electrons. The van der Waals surface area contributed by atoms with Gasteiger partial charge in [-0.05, 0) is 42.8 Å². The van der Waals surface area contributed by atoms with Gasteiger partial charge in [-0.15, -0.1) is 0 Å². The first kappa shape index (κ1) is 15.5. The third-order valence-electron chi connectivity index (χ3n) is 5.61. The van der Waals surface area contributed by atoms with E-state index in [0.29, 0.717) is 12.1 Å². The number of benzene rings is 3. The summed E-state index contributed by atoms with van der Waals surface area (Å²) in [5.41, 5.74) is 4.50. The lowest BCUT2D eigenvalue weighted by Gasteiger charge is -2.31. The molecule has 0 bridgehead atoms. The van der Waals surface area contributed by atoms with Gasteiger partial charge in [-0.3, -0.25) is 0 Å². The van der Waals surface area contributed by atoms with Gasteiger partial charge < -0.3 is 14.6 Å². The predicted molar refractivity (Wildman–Crippen MR) is 108 cm³/mol. The third kappa shape index (κ3) is 2.47. The maximum Gasteiger partial charge on any atom is 0.135 e. The standard InChI is InChI=1S/C23H22N2O/c1-25(20-13-14-24-23(20)16-7-3-2-4-8-16)17-11-12-22-19(15-17)18-9-5-6-10-21(18)26-22/h2-12,15,20,23-24H,13-14H2,1H3. The molecule has 1 fully saturated rings. The first-order valence-electron chi connectivity index (χ1n) is 9.24. The predicted octanol–water partition coefficient (Wildman–Crippen LogP) is 5.13. The highest BCUT2D eigenvalue weighted by Gasteiger charge is 2.31. The molecule has 1 saturated heterocycles. The fourth-order valence-corrected chi connectivity index (χ4v) is 4.23. The van der Waals surface area contributed by atoms with Crippen LogP contribution in [0.25, 0.3) is 21.9 Å². The number of para-hydroxylation sites is 1. The van der Waals surface area contributed by atoms with E-state index in [4.69, 9.17) is 4.42 Å². The molecule has 1 N–H and O–H groups in total. The van der Waals surface area contributed by atoms with Crippen LogP contribution >= 0.6 is 0 Å². The van der Waals surface area contributed by atoms with Crippen molar-refractivity contribution in [3.05, 3.63) is 78.4 Å². The molecule has 5 rings (SSSR count). The van der Waals surface area contributed by atoms with E-state index in [1.54, 1.807) is 0 Å². The van der Waals surface area contributed by atoms with Crippen molar-refractivity contribution in [2.75, 3.05) is 18.5 Å². The molecule has 3 aromatic carbocycles. The number of hydrogen-bond acceptors (Lipinski definition) is 3. The van der Waals surface area contributed by atoms with Crippen molar-refractivity contribution in [2.45, 2.75) is 18.5 Å². The van der Waals surface area contributed by atoms with Crippen LogP contribution in [-0.4, -0.2) is 19.6 Å². The smallest absolute Gasteiger partial charge is 0.135 e. The second kappa shape index (κ2) is 6.19. The van der Waals surface area contributed by atoms with E-state index in [1.807, 2.05) is 12.1 Å². The number of hydrogen-bond donors (Lipinski definition) is 1. The van der Waals surface area contributed by atoms with Crippen LogP contribution < -0.4 is 10.2 Å². The quantitative estimate of drug-likeness (QED) is 0.560. The highest BCUT2D eigenvalue weighted by molar-refractivity contribution is 6.05. The van der Waals surface area contributed by atoms with Crippen molar-refractivity contribution in [3.63, 3.8) is 0 Å². The first-order chi connectivity index (χ1) is 12.8. The zero-order valence-electron chi connectivity index (χ0n) is 14.9. The Labute approximate surface area is 153 Å². The summed E-state index contributed by atoms with van der Waals surface area (Å²) in [5, 5.41) is 6.04. The summed E-state index contributed by atoms with van der Waals surface area (Å²) < 4.78 is 5.97. The van der Waals surface area contributed by atoms with Crippen molar-refractivity contribution in [1.82, 2.24) is 5.32 Å². The summed E-state index contributed by atoms with van der Waals surface area (Å²) in [6.07, 6.45) is 1.14. The maximum atomic E-state index is 5.97. The molecule has 1 aliphatic heterocycles. The first-order valence-corrected chi connectivity index (χ1v) is 9.24. The SMILES string of the molecule is CN(c1ccc2oc3ccccc3c2c1)C1CCNC1c1ccccc1. The van der Waals surface area contributed by atoms with E-state index in [1.165, 1.54) is 22.0 Å². The zero-order valence-corrected chi connectivity index (χ0v) is 14.9. The molecule has 130 valence electrons. The molecule has 0 spiro atoms. The molecular formula is C23H22N2O. The van der Waals surface area contributed by atoms with Crippen molar-refractivity contribution < 1.29 is 4.42 Å². The van der Waals surface area contributed by atoms with Gasteiger partial charge in [-0.1, -0.05) is 48.5 Å². The van der Waals surface area contributed by atoms with E-state index in [9.17, 15) is 0 Å². The summed E-state index contributed by atoms with van der Waals surface area (Å²) in [5.74, 6) is 0. The van der Waals surface area contributed by atoms with Crippen LogP contribution in [0.5, 0.6) is 0 Å². The minimum absolute atomic E-state index is 0.359. The summed E-state index contributed by atoms with van der Waals surface area (Å²) in [6, 6.07) is 26.3.